The molecule has 0 radical (unpaired) electrons. The third kappa shape index (κ3) is 1.98. The van der Waals surface area contributed by atoms with Crippen molar-refractivity contribution in [3.63, 3.8) is 0 Å². The second-order valence-corrected chi connectivity index (χ2v) is 5.58. The number of benzene rings is 1. The van der Waals surface area contributed by atoms with Crippen LogP contribution in [0.15, 0.2) is 29.6 Å². The Balaban J connectivity index is 2.54. The molecule has 1 heterocycles. The molecule has 0 saturated heterocycles. The quantitative estimate of drug-likeness (QED) is 0.831. The first-order valence-corrected chi connectivity index (χ1v) is 7.27. The van der Waals surface area contributed by atoms with Gasteiger partial charge in [-0.3, -0.25) is 4.79 Å². The van der Waals surface area contributed by atoms with Crippen LogP contribution in [-0.2, 0) is 0 Å². The van der Waals surface area contributed by atoms with Crippen LogP contribution >= 0.6 is 11.3 Å². The molecule has 0 unspecified atom stereocenters. The van der Waals surface area contributed by atoms with Gasteiger partial charge < -0.3 is 5.73 Å². The summed E-state index contributed by atoms with van der Waals surface area (Å²) < 4.78 is 1.09. The van der Waals surface area contributed by atoms with E-state index in [9.17, 15) is 4.79 Å². The van der Waals surface area contributed by atoms with Crippen LogP contribution < -0.4 is 5.73 Å². The number of carbonyl (C=O) groups excluding carboxylic acids is 1. The third-order valence-electron chi connectivity index (χ3n) is 3.95. The van der Waals surface area contributed by atoms with Gasteiger partial charge in [0.1, 0.15) is 0 Å². The topological polar surface area (TPSA) is 43.1 Å². The van der Waals surface area contributed by atoms with E-state index in [-0.39, 0.29) is 5.78 Å². The molecule has 0 saturated carbocycles. The standard InChI is InChI=1S/C15H19NOS/c1-3-15(4-2,10-16)14(17)12-7-5-6-11-8-9-18-13(11)12/h5-9H,3-4,10,16H2,1-2H3. The van der Waals surface area contributed by atoms with Crippen LogP contribution in [0, 0.1) is 5.41 Å². The van der Waals surface area contributed by atoms with Crippen molar-refractivity contribution >= 4 is 27.2 Å². The molecule has 1 aromatic carbocycles. The van der Waals surface area contributed by atoms with E-state index >= 15 is 0 Å². The van der Waals surface area contributed by atoms with Gasteiger partial charge in [0.25, 0.3) is 0 Å². The lowest BCUT2D eigenvalue weighted by Gasteiger charge is -2.28. The maximum absolute atomic E-state index is 12.8. The van der Waals surface area contributed by atoms with Crippen molar-refractivity contribution in [2.24, 2.45) is 11.1 Å². The maximum Gasteiger partial charge on any atom is 0.171 e. The van der Waals surface area contributed by atoms with E-state index in [2.05, 4.69) is 6.07 Å². The van der Waals surface area contributed by atoms with Crippen molar-refractivity contribution < 1.29 is 4.79 Å². The molecule has 96 valence electrons. The number of fused-ring (bicyclic) bond motifs is 1. The van der Waals surface area contributed by atoms with E-state index in [0.29, 0.717) is 6.54 Å². The largest absolute Gasteiger partial charge is 0.329 e. The molecule has 0 fully saturated rings. The zero-order chi connectivity index (χ0) is 13.2. The van der Waals surface area contributed by atoms with Gasteiger partial charge in [-0.15, -0.1) is 11.3 Å². The minimum atomic E-state index is -0.404. The van der Waals surface area contributed by atoms with Crippen molar-refractivity contribution in [2.75, 3.05) is 6.54 Å². The molecule has 2 nitrogen and oxygen atoms in total. The highest BCUT2D eigenvalue weighted by atomic mass is 32.1. The van der Waals surface area contributed by atoms with E-state index in [1.165, 1.54) is 0 Å². The summed E-state index contributed by atoms with van der Waals surface area (Å²) in [6.07, 6.45) is 1.58. The number of thiophene rings is 1. The Morgan fingerprint density at radius 3 is 2.61 bits per heavy atom. The molecular formula is C15H19NOS. The Hall–Kier alpha value is -1.19. The molecule has 18 heavy (non-hydrogen) atoms. The smallest absolute Gasteiger partial charge is 0.171 e. The lowest BCUT2D eigenvalue weighted by atomic mass is 9.76. The SMILES string of the molecule is CCC(CC)(CN)C(=O)c1cccc2ccsc12. The fraction of sp³-hybridized carbons (Fsp3) is 0.400. The van der Waals surface area contributed by atoms with Gasteiger partial charge in [-0.2, -0.15) is 0 Å². The lowest BCUT2D eigenvalue weighted by molar-refractivity contribution is 0.0789. The molecule has 0 atom stereocenters. The molecular weight excluding hydrogens is 242 g/mol. The van der Waals surface area contributed by atoms with Crippen LogP contribution in [0.3, 0.4) is 0 Å². The molecule has 3 heteroatoms. The molecule has 0 aliphatic heterocycles. The monoisotopic (exact) mass is 261 g/mol. The number of Topliss-reactive ketones (excluding diaryl/α,β-unsaturated/α-hetero) is 1. The molecule has 0 bridgehead atoms. The van der Waals surface area contributed by atoms with Crippen LogP contribution in [0.5, 0.6) is 0 Å². The highest BCUT2D eigenvalue weighted by Crippen LogP contribution is 2.34. The van der Waals surface area contributed by atoms with Crippen LogP contribution in [0.1, 0.15) is 37.0 Å². The fourth-order valence-corrected chi connectivity index (χ4v) is 3.32. The van der Waals surface area contributed by atoms with Gasteiger partial charge in [-0.05, 0) is 35.7 Å². The average molecular weight is 261 g/mol. The van der Waals surface area contributed by atoms with E-state index in [4.69, 9.17) is 5.73 Å². The van der Waals surface area contributed by atoms with E-state index < -0.39 is 5.41 Å². The minimum Gasteiger partial charge on any atom is -0.329 e. The molecule has 2 N–H and O–H groups in total. The maximum atomic E-state index is 12.8. The van der Waals surface area contributed by atoms with Gasteiger partial charge in [0.2, 0.25) is 0 Å². The molecule has 1 aromatic heterocycles. The van der Waals surface area contributed by atoms with Crippen LogP contribution in [0.4, 0.5) is 0 Å². The Kier molecular flexibility index (Phi) is 3.83. The first-order chi connectivity index (χ1) is 8.68. The third-order valence-corrected chi connectivity index (χ3v) is 4.91. The normalized spacial score (nSPS) is 11.9. The average Bonchev–Trinajstić information content (AvgIpc) is 2.89. The highest BCUT2D eigenvalue weighted by Gasteiger charge is 2.34. The van der Waals surface area contributed by atoms with E-state index in [1.807, 2.05) is 37.4 Å². The van der Waals surface area contributed by atoms with E-state index in [1.54, 1.807) is 11.3 Å². The zero-order valence-electron chi connectivity index (χ0n) is 10.9. The van der Waals surface area contributed by atoms with Crippen LogP contribution in [-0.4, -0.2) is 12.3 Å². The second kappa shape index (κ2) is 5.21. The number of carbonyl (C=O) groups is 1. The van der Waals surface area contributed by atoms with Gasteiger partial charge in [0, 0.05) is 22.2 Å². The van der Waals surface area contributed by atoms with Gasteiger partial charge in [0.15, 0.2) is 5.78 Å². The summed E-state index contributed by atoms with van der Waals surface area (Å²) in [5.74, 6) is 0.197. The van der Waals surface area contributed by atoms with Crippen molar-refractivity contribution in [2.45, 2.75) is 26.7 Å². The lowest BCUT2D eigenvalue weighted by Crippen LogP contribution is -2.37. The number of hydrogen-bond donors (Lipinski definition) is 1. The summed E-state index contributed by atoms with van der Waals surface area (Å²) >= 11 is 1.63. The number of nitrogens with two attached hydrogens (primary N) is 1. The van der Waals surface area contributed by atoms with Gasteiger partial charge >= 0.3 is 0 Å². The number of hydrogen-bond acceptors (Lipinski definition) is 3. The van der Waals surface area contributed by atoms with E-state index in [0.717, 1.165) is 28.5 Å². The molecule has 0 amide bonds. The Bertz CT molecular complexity index is 546. The van der Waals surface area contributed by atoms with Crippen molar-refractivity contribution in [1.82, 2.24) is 0 Å². The Morgan fingerprint density at radius 1 is 1.28 bits per heavy atom. The first-order valence-electron chi connectivity index (χ1n) is 6.39. The summed E-state index contributed by atoms with van der Waals surface area (Å²) in [5, 5.41) is 3.17. The molecule has 0 aliphatic rings. The van der Waals surface area contributed by atoms with Gasteiger partial charge in [-0.25, -0.2) is 0 Å². The van der Waals surface area contributed by atoms with Crippen molar-refractivity contribution in [3.8, 4) is 0 Å². The summed E-state index contributed by atoms with van der Waals surface area (Å²) in [6.45, 7) is 4.51. The molecule has 0 aliphatic carbocycles. The Labute approximate surface area is 112 Å². The summed E-state index contributed by atoms with van der Waals surface area (Å²) in [7, 11) is 0. The van der Waals surface area contributed by atoms with Crippen LogP contribution in [0.2, 0.25) is 0 Å². The predicted molar refractivity (Wildman–Crippen MR) is 78.2 cm³/mol. The predicted octanol–water partition coefficient (Wildman–Crippen LogP) is 3.85. The second-order valence-electron chi connectivity index (χ2n) is 4.67. The minimum absolute atomic E-state index is 0.197. The first kappa shape index (κ1) is 13.2. The van der Waals surface area contributed by atoms with Gasteiger partial charge in [-0.1, -0.05) is 26.0 Å². The van der Waals surface area contributed by atoms with Crippen LogP contribution in [0.25, 0.3) is 10.1 Å². The molecule has 2 aromatic rings. The van der Waals surface area contributed by atoms with Gasteiger partial charge in [0.05, 0.1) is 0 Å². The molecule has 0 spiro atoms. The number of rotatable bonds is 5. The van der Waals surface area contributed by atoms with Crippen molar-refractivity contribution in [1.29, 1.82) is 0 Å². The summed E-state index contributed by atoms with van der Waals surface area (Å²) in [4.78, 5) is 12.8. The fourth-order valence-electron chi connectivity index (χ4n) is 2.41. The molecule has 2 rings (SSSR count). The number of ketones is 1. The summed E-state index contributed by atoms with van der Waals surface area (Å²) in [6, 6.07) is 7.98. The Morgan fingerprint density at radius 2 is 2.00 bits per heavy atom. The highest BCUT2D eigenvalue weighted by molar-refractivity contribution is 7.17. The van der Waals surface area contributed by atoms with Crippen molar-refractivity contribution in [3.05, 3.63) is 35.2 Å². The zero-order valence-corrected chi connectivity index (χ0v) is 11.7. The summed E-state index contributed by atoms with van der Waals surface area (Å²) in [5.41, 5.74) is 6.29.